The largest absolute Gasteiger partial charge is 0.329 e. The van der Waals surface area contributed by atoms with Gasteiger partial charge in [-0.15, -0.1) is 11.3 Å². The highest BCUT2D eigenvalue weighted by molar-refractivity contribution is 7.10. The fraction of sp³-hybridized carbons (Fsp3) is 0.636. The minimum atomic E-state index is 0.389. The third-order valence-corrected chi connectivity index (χ3v) is 4.71. The van der Waals surface area contributed by atoms with Gasteiger partial charge in [-0.3, -0.25) is 4.90 Å². The van der Waals surface area contributed by atoms with E-state index in [1.807, 2.05) is 11.3 Å². The zero-order valence-electron chi connectivity index (χ0n) is 8.33. The lowest BCUT2D eigenvalue weighted by Crippen LogP contribution is -2.45. The summed E-state index contributed by atoms with van der Waals surface area (Å²) in [7, 11) is 0. The Hall–Kier alpha value is -0.380. The molecule has 1 fully saturated rings. The van der Waals surface area contributed by atoms with Gasteiger partial charge in [0.25, 0.3) is 0 Å². The van der Waals surface area contributed by atoms with Crippen molar-refractivity contribution in [2.75, 3.05) is 13.1 Å². The maximum Gasteiger partial charge on any atom is 0.0336 e. The van der Waals surface area contributed by atoms with E-state index in [0.717, 1.165) is 13.1 Å². The maximum absolute atomic E-state index is 5.86. The Morgan fingerprint density at radius 1 is 1.50 bits per heavy atom. The Balaban J connectivity index is 1.81. The number of rotatable bonds is 2. The lowest BCUT2D eigenvalue weighted by Gasteiger charge is -2.34. The molecule has 0 amide bonds. The predicted molar refractivity (Wildman–Crippen MR) is 59.5 cm³/mol. The molecule has 1 aromatic rings. The Labute approximate surface area is 88.7 Å². The number of hydrogen-bond acceptors (Lipinski definition) is 3. The quantitative estimate of drug-likeness (QED) is 0.800. The normalized spacial score (nSPS) is 24.6. The van der Waals surface area contributed by atoms with Crippen LogP contribution in [-0.4, -0.2) is 23.5 Å². The van der Waals surface area contributed by atoms with Crippen molar-refractivity contribution in [3.05, 3.63) is 21.9 Å². The summed E-state index contributed by atoms with van der Waals surface area (Å²) in [5.41, 5.74) is 7.79. The smallest absolute Gasteiger partial charge is 0.0336 e. The molecule has 2 aliphatic rings. The molecule has 0 aromatic carbocycles. The molecule has 0 saturated heterocycles. The molecule has 3 rings (SSSR count). The zero-order chi connectivity index (χ0) is 9.60. The summed E-state index contributed by atoms with van der Waals surface area (Å²) < 4.78 is 0. The van der Waals surface area contributed by atoms with Gasteiger partial charge in [0.1, 0.15) is 0 Å². The molecule has 3 heteroatoms. The van der Waals surface area contributed by atoms with Gasteiger partial charge < -0.3 is 5.73 Å². The predicted octanol–water partition coefficient (Wildman–Crippen LogP) is 1.60. The van der Waals surface area contributed by atoms with Crippen LogP contribution in [0.4, 0.5) is 0 Å². The van der Waals surface area contributed by atoms with Gasteiger partial charge in [0.2, 0.25) is 0 Å². The van der Waals surface area contributed by atoms with Gasteiger partial charge in [0.15, 0.2) is 0 Å². The van der Waals surface area contributed by atoms with Gasteiger partial charge in [-0.2, -0.15) is 0 Å². The molecule has 0 unspecified atom stereocenters. The van der Waals surface area contributed by atoms with Crippen LogP contribution in [0.15, 0.2) is 11.4 Å². The average molecular weight is 208 g/mol. The number of hydrogen-bond donors (Lipinski definition) is 1. The summed E-state index contributed by atoms with van der Waals surface area (Å²) in [6, 6.07) is 2.28. The van der Waals surface area contributed by atoms with Gasteiger partial charge in [0.05, 0.1) is 0 Å². The molecule has 1 aliphatic heterocycles. The lowest BCUT2D eigenvalue weighted by molar-refractivity contribution is 0.165. The first-order valence-corrected chi connectivity index (χ1v) is 6.22. The molecule has 0 radical (unpaired) electrons. The van der Waals surface area contributed by atoms with Gasteiger partial charge in [-0.05, 0) is 36.3 Å². The summed E-state index contributed by atoms with van der Waals surface area (Å²) >= 11 is 1.91. The zero-order valence-corrected chi connectivity index (χ0v) is 9.15. The van der Waals surface area contributed by atoms with Crippen LogP contribution >= 0.6 is 11.3 Å². The van der Waals surface area contributed by atoms with E-state index in [1.165, 1.54) is 25.8 Å². The first-order valence-electron chi connectivity index (χ1n) is 5.34. The van der Waals surface area contributed by atoms with Crippen LogP contribution in [0.5, 0.6) is 0 Å². The molecule has 0 spiro atoms. The van der Waals surface area contributed by atoms with Crippen LogP contribution in [0.1, 0.15) is 23.3 Å². The van der Waals surface area contributed by atoms with Crippen LogP contribution in [0.2, 0.25) is 0 Å². The lowest BCUT2D eigenvalue weighted by atomic mass is 10.1. The molecule has 1 aliphatic carbocycles. The second kappa shape index (κ2) is 3.05. The van der Waals surface area contributed by atoms with Crippen molar-refractivity contribution in [1.29, 1.82) is 0 Å². The van der Waals surface area contributed by atoms with Gasteiger partial charge >= 0.3 is 0 Å². The minimum Gasteiger partial charge on any atom is -0.329 e. The molecular formula is C11H16N2S. The number of thiophene rings is 1. The van der Waals surface area contributed by atoms with Crippen molar-refractivity contribution < 1.29 is 0 Å². The second-order valence-corrected chi connectivity index (χ2v) is 5.47. The highest BCUT2D eigenvalue weighted by atomic mass is 32.1. The van der Waals surface area contributed by atoms with Gasteiger partial charge in [-0.1, -0.05) is 0 Å². The molecule has 0 bridgehead atoms. The molecule has 0 atom stereocenters. The van der Waals surface area contributed by atoms with Crippen molar-refractivity contribution >= 4 is 11.3 Å². The Bertz CT molecular complexity index is 341. The summed E-state index contributed by atoms with van der Waals surface area (Å²) in [6.45, 7) is 3.19. The molecule has 14 heavy (non-hydrogen) atoms. The van der Waals surface area contributed by atoms with E-state index < -0.39 is 0 Å². The van der Waals surface area contributed by atoms with Crippen LogP contribution in [0.3, 0.4) is 0 Å². The highest BCUT2D eigenvalue weighted by Crippen LogP contribution is 2.43. The fourth-order valence-corrected chi connectivity index (χ4v) is 3.34. The molecule has 2 nitrogen and oxygen atoms in total. The Morgan fingerprint density at radius 2 is 2.36 bits per heavy atom. The van der Waals surface area contributed by atoms with Crippen LogP contribution in [-0.2, 0) is 13.0 Å². The van der Waals surface area contributed by atoms with Crippen molar-refractivity contribution in [3.8, 4) is 0 Å². The van der Waals surface area contributed by atoms with E-state index in [-0.39, 0.29) is 0 Å². The molecular weight excluding hydrogens is 192 g/mol. The third kappa shape index (κ3) is 1.23. The van der Waals surface area contributed by atoms with Crippen LogP contribution < -0.4 is 5.73 Å². The van der Waals surface area contributed by atoms with Crippen LogP contribution in [0, 0.1) is 0 Å². The summed E-state index contributed by atoms with van der Waals surface area (Å²) in [6.07, 6.45) is 3.85. The average Bonchev–Trinajstić information content (AvgIpc) is 2.89. The maximum atomic E-state index is 5.86. The first kappa shape index (κ1) is 8.89. The van der Waals surface area contributed by atoms with E-state index >= 15 is 0 Å². The second-order valence-electron chi connectivity index (χ2n) is 4.47. The highest BCUT2D eigenvalue weighted by Gasteiger charge is 2.47. The molecule has 1 saturated carbocycles. The van der Waals surface area contributed by atoms with Crippen molar-refractivity contribution in [2.24, 2.45) is 5.73 Å². The molecule has 2 N–H and O–H groups in total. The van der Waals surface area contributed by atoms with Gasteiger partial charge in [0, 0.05) is 30.1 Å². The molecule has 1 aromatic heterocycles. The summed E-state index contributed by atoms with van der Waals surface area (Å²) in [5, 5.41) is 2.22. The first-order chi connectivity index (χ1) is 6.84. The Morgan fingerprint density at radius 3 is 3.07 bits per heavy atom. The number of nitrogens with zero attached hydrogens (tertiary/aromatic N) is 1. The van der Waals surface area contributed by atoms with Crippen LogP contribution in [0.25, 0.3) is 0 Å². The number of fused-ring (bicyclic) bond motifs is 1. The fourth-order valence-electron chi connectivity index (χ4n) is 2.45. The molecule has 2 heterocycles. The third-order valence-electron chi connectivity index (χ3n) is 3.69. The minimum absolute atomic E-state index is 0.389. The SMILES string of the molecule is NCC1(N2CCc3sccc3C2)CC1. The van der Waals surface area contributed by atoms with Gasteiger partial charge in [-0.25, -0.2) is 0 Å². The van der Waals surface area contributed by atoms with E-state index in [4.69, 9.17) is 5.73 Å². The summed E-state index contributed by atoms with van der Waals surface area (Å²) in [5.74, 6) is 0. The van der Waals surface area contributed by atoms with Crippen molar-refractivity contribution in [3.63, 3.8) is 0 Å². The molecule has 76 valence electrons. The summed E-state index contributed by atoms with van der Waals surface area (Å²) in [4.78, 5) is 4.19. The topological polar surface area (TPSA) is 29.3 Å². The van der Waals surface area contributed by atoms with E-state index in [0.29, 0.717) is 5.54 Å². The van der Waals surface area contributed by atoms with E-state index in [2.05, 4.69) is 16.3 Å². The van der Waals surface area contributed by atoms with Crippen molar-refractivity contribution in [1.82, 2.24) is 4.90 Å². The van der Waals surface area contributed by atoms with E-state index in [1.54, 1.807) is 10.4 Å². The van der Waals surface area contributed by atoms with E-state index in [9.17, 15) is 0 Å². The standard InChI is InChI=1S/C11H16N2S/c12-8-11(3-4-11)13-5-1-10-9(7-13)2-6-14-10/h2,6H,1,3-5,7-8,12H2. The Kier molecular flexibility index (Phi) is 1.94. The monoisotopic (exact) mass is 208 g/mol. The van der Waals surface area contributed by atoms with Crippen molar-refractivity contribution in [2.45, 2.75) is 31.3 Å². The number of nitrogens with two attached hydrogens (primary N) is 1.